The lowest BCUT2D eigenvalue weighted by Gasteiger charge is -1.98. The molecule has 0 aliphatic rings. The number of aromatic nitrogens is 2. The molecule has 0 atom stereocenters. The fourth-order valence-corrected chi connectivity index (χ4v) is 2.27. The molecule has 86 valence electrons. The van der Waals surface area contributed by atoms with Crippen molar-refractivity contribution < 1.29 is 0 Å². The van der Waals surface area contributed by atoms with Crippen LogP contribution >= 0.6 is 11.3 Å². The smallest absolute Gasteiger partial charge is 0.103 e. The normalized spacial score (nSPS) is 9.56. The standard InChI is InChI=1S/C11H12N2S.C2H6/c1-7-5-4-6-10(12-7)11-8(2)14-9(3)13-11;1-2/h4-6H,1-3H3;1-2H3. The molecule has 0 amide bonds. The van der Waals surface area contributed by atoms with Gasteiger partial charge in [0, 0.05) is 10.6 Å². The van der Waals surface area contributed by atoms with Gasteiger partial charge >= 0.3 is 0 Å². The van der Waals surface area contributed by atoms with E-state index in [0.717, 1.165) is 22.1 Å². The molecule has 3 heteroatoms. The molecular formula is C13H18N2S. The molecule has 2 nitrogen and oxygen atoms in total. The van der Waals surface area contributed by atoms with Gasteiger partial charge in [-0.1, -0.05) is 19.9 Å². The Morgan fingerprint density at radius 1 is 1.00 bits per heavy atom. The Kier molecular flexibility index (Phi) is 4.62. The molecular weight excluding hydrogens is 216 g/mol. The van der Waals surface area contributed by atoms with Crippen molar-refractivity contribution in [3.8, 4) is 11.4 Å². The van der Waals surface area contributed by atoms with Crippen LogP contribution in [0, 0.1) is 20.8 Å². The van der Waals surface area contributed by atoms with Gasteiger partial charge in [0.2, 0.25) is 0 Å². The van der Waals surface area contributed by atoms with Crippen LogP contribution in [-0.4, -0.2) is 9.97 Å². The third-order valence-corrected chi connectivity index (χ3v) is 2.92. The summed E-state index contributed by atoms with van der Waals surface area (Å²) in [5, 5.41) is 1.10. The molecule has 0 aliphatic heterocycles. The average Bonchev–Trinajstić information content (AvgIpc) is 2.61. The summed E-state index contributed by atoms with van der Waals surface area (Å²) in [7, 11) is 0. The van der Waals surface area contributed by atoms with E-state index in [0.29, 0.717) is 0 Å². The molecule has 2 heterocycles. The first-order valence-electron chi connectivity index (χ1n) is 5.55. The number of thiazole rings is 1. The van der Waals surface area contributed by atoms with E-state index in [2.05, 4.69) is 16.9 Å². The van der Waals surface area contributed by atoms with E-state index in [-0.39, 0.29) is 0 Å². The molecule has 2 aromatic heterocycles. The SMILES string of the molecule is CC.Cc1cccc(-c2nc(C)sc2C)n1. The van der Waals surface area contributed by atoms with Crippen molar-refractivity contribution in [1.29, 1.82) is 0 Å². The highest BCUT2D eigenvalue weighted by Crippen LogP contribution is 2.25. The minimum atomic E-state index is 0.979. The van der Waals surface area contributed by atoms with Gasteiger partial charge in [0.15, 0.2) is 0 Å². The molecule has 16 heavy (non-hydrogen) atoms. The largest absolute Gasteiger partial charge is 0.251 e. The summed E-state index contributed by atoms with van der Waals surface area (Å²) >= 11 is 1.72. The van der Waals surface area contributed by atoms with Crippen LogP contribution in [0.4, 0.5) is 0 Å². The number of hydrogen-bond donors (Lipinski definition) is 0. The van der Waals surface area contributed by atoms with Crippen LogP contribution in [0.25, 0.3) is 11.4 Å². The van der Waals surface area contributed by atoms with E-state index in [1.807, 2.05) is 45.9 Å². The van der Waals surface area contributed by atoms with E-state index in [4.69, 9.17) is 0 Å². The molecule has 0 unspecified atom stereocenters. The molecule has 0 aromatic carbocycles. The van der Waals surface area contributed by atoms with Crippen LogP contribution in [0.2, 0.25) is 0 Å². The van der Waals surface area contributed by atoms with Crippen molar-refractivity contribution in [3.63, 3.8) is 0 Å². The number of hydrogen-bond acceptors (Lipinski definition) is 3. The predicted octanol–water partition coefficient (Wildman–Crippen LogP) is 4.16. The molecule has 0 saturated carbocycles. The number of nitrogens with zero attached hydrogens (tertiary/aromatic N) is 2. The number of rotatable bonds is 1. The zero-order valence-electron chi connectivity index (χ0n) is 10.5. The zero-order chi connectivity index (χ0) is 12.1. The van der Waals surface area contributed by atoms with Gasteiger partial charge in [-0.3, -0.25) is 4.98 Å². The third kappa shape index (κ3) is 2.89. The number of aryl methyl sites for hydroxylation is 3. The summed E-state index contributed by atoms with van der Waals surface area (Å²) < 4.78 is 0. The lowest BCUT2D eigenvalue weighted by molar-refractivity contribution is 1.17. The maximum atomic E-state index is 4.48. The quantitative estimate of drug-likeness (QED) is 0.740. The molecule has 2 aromatic rings. The van der Waals surface area contributed by atoms with Gasteiger partial charge in [0.1, 0.15) is 5.69 Å². The zero-order valence-corrected chi connectivity index (χ0v) is 11.4. The molecule has 0 spiro atoms. The Hall–Kier alpha value is -1.22. The van der Waals surface area contributed by atoms with Gasteiger partial charge in [0.05, 0.1) is 10.7 Å². The second-order valence-electron chi connectivity index (χ2n) is 3.30. The first-order chi connectivity index (χ1) is 7.66. The lowest BCUT2D eigenvalue weighted by Crippen LogP contribution is -1.87. The topological polar surface area (TPSA) is 25.8 Å². The Morgan fingerprint density at radius 3 is 2.19 bits per heavy atom. The van der Waals surface area contributed by atoms with Gasteiger partial charge in [-0.05, 0) is 32.9 Å². The second-order valence-corrected chi connectivity index (χ2v) is 4.71. The summed E-state index contributed by atoms with van der Waals surface area (Å²) in [5.41, 5.74) is 3.04. The minimum absolute atomic E-state index is 0.979. The van der Waals surface area contributed by atoms with Crippen molar-refractivity contribution >= 4 is 11.3 Å². The summed E-state index contributed by atoms with van der Waals surface area (Å²) in [6.45, 7) is 10.1. The van der Waals surface area contributed by atoms with Crippen molar-refractivity contribution in [1.82, 2.24) is 9.97 Å². The van der Waals surface area contributed by atoms with Crippen LogP contribution in [0.3, 0.4) is 0 Å². The molecule has 0 bridgehead atoms. The van der Waals surface area contributed by atoms with Crippen LogP contribution in [0.1, 0.15) is 29.4 Å². The predicted molar refractivity (Wildman–Crippen MR) is 70.9 cm³/mol. The summed E-state index contributed by atoms with van der Waals surface area (Å²) in [4.78, 5) is 10.2. The summed E-state index contributed by atoms with van der Waals surface area (Å²) in [6, 6.07) is 6.03. The van der Waals surface area contributed by atoms with Gasteiger partial charge in [-0.25, -0.2) is 4.98 Å². The average molecular weight is 234 g/mol. The summed E-state index contributed by atoms with van der Waals surface area (Å²) in [5.74, 6) is 0. The van der Waals surface area contributed by atoms with E-state index in [1.54, 1.807) is 11.3 Å². The van der Waals surface area contributed by atoms with Crippen molar-refractivity contribution in [2.75, 3.05) is 0 Å². The first kappa shape index (κ1) is 12.8. The molecule has 0 aliphatic carbocycles. The molecule has 0 fully saturated rings. The van der Waals surface area contributed by atoms with Crippen molar-refractivity contribution in [3.05, 3.63) is 33.8 Å². The molecule has 2 rings (SSSR count). The highest BCUT2D eigenvalue weighted by Gasteiger charge is 2.08. The second kappa shape index (κ2) is 5.75. The van der Waals surface area contributed by atoms with E-state index in [9.17, 15) is 0 Å². The minimum Gasteiger partial charge on any atom is -0.251 e. The van der Waals surface area contributed by atoms with E-state index in [1.165, 1.54) is 4.88 Å². The van der Waals surface area contributed by atoms with Gasteiger partial charge in [-0.15, -0.1) is 11.3 Å². The molecule has 0 saturated heterocycles. The number of pyridine rings is 1. The van der Waals surface area contributed by atoms with Crippen LogP contribution in [-0.2, 0) is 0 Å². The highest BCUT2D eigenvalue weighted by atomic mass is 32.1. The van der Waals surface area contributed by atoms with E-state index < -0.39 is 0 Å². The van der Waals surface area contributed by atoms with Gasteiger partial charge in [0.25, 0.3) is 0 Å². The monoisotopic (exact) mass is 234 g/mol. The third-order valence-electron chi connectivity index (χ3n) is 2.03. The maximum absolute atomic E-state index is 4.48. The van der Waals surface area contributed by atoms with Crippen molar-refractivity contribution in [2.45, 2.75) is 34.6 Å². The highest BCUT2D eigenvalue weighted by molar-refractivity contribution is 7.11. The van der Waals surface area contributed by atoms with Gasteiger partial charge in [-0.2, -0.15) is 0 Å². The van der Waals surface area contributed by atoms with E-state index >= 15 is 0 Å². The van der Waals surface area contributed by atoms with Crippen LogP contribution in [0.5, 0.6) is 0 Å². The van der Waals surface area contributed by atoms with Crippen molar-refractivity contribution in [2.24, 2.45) is 0 Å². The Balaban J connectivity index is 0.000000606. The molecule has 0 N–H and O–H groups in total. The Bertz CT molecular complexity index is 461. The van der Waals surface area contributed by atoms with Gasteiger partial charge < -0.3 is 0 Å². The molecule has 0 radical (unpaired) electrons. The van der Waals surface area contributed by atoms with Crippen LogP contribution < -0.4 is 0 Å². The van der Waals surface area contributed by atoms with Crippen LogP contribution in [0.15, 0.2) is 18.2 Å². The Morgan fingerprint density at radius 2 is 1.69 bits per heavy atom. The first-order valence-corrected chi connectivity index (χ1v) is 6.36. The Labute approximate surface area is 101 Å². The lowest BCUT2D eigenvalue weighted by atomic mass is 10.2. The fraction of sp³-hybridized carbons (Fsp3) is 0.385. The fourth-order valence-electron chi connectivity index (χ4n) is 1.44. The maximum Gasteiger partial charge on any atom is 0.103 e. The summed E-state index contributed by atoms with van der Waals surface area (Å²) in [6.07, 6.45) is 0.